The molecule has 6 nitrogen and oxygen atoms in total. The van der Waals surface area contributed by atoms with E-state index < -0.39 is 16.1 Å². The van der Waals surface area contributed by atoms with Crippen LogP contribution < -0.4 is 10.1 Å². The molecule has 1 saturated heterocycles. The molecule has 1 aliphatic rings. The molecule has 0 spiro atoms. The first kappa shape index (κ1) is 21.3. The van der Waals surface area contributed by atoms with Crippen LogP contribution in [0, 0.1) is 27.7 Å². The molecule has 1 amide bonds. The minimum Gasteiger partial charge on any atom is -0.495 e. The van der Waals surface area contributed by atoms with Crippen molar-refractivity contribution < 1.29 is 17.9 Å². The van der Waals surface area contributed by atoms with Crippen LogP contribution in [0.25, 0.3) is 0 Å². The molecule has 1 atom stereocenters. The molecule has 0 aliphatic carbocycles. The van der Waals surface area contributed by atoms with Gasteiger partial charge >= 0.3 is 0 Å². The summed E-state index contributed by atoms with van der Waals surface area (Å²) in [5.74, 6) is 0.207. The highest BCUT2D eigenvalue weighted by Gasteiger charge is 2.40. The van der Waals surface area contributed by atoms with Crippen molar-refractivity contribution in [3.63, 3.8) is 0 Å². The van der Waals surface area contributed by atoms with E-state index >= 15 is 0 Å². The lowest BCUT2D eigenvalue weighted by atomic mass is 10.1. The molecule has 1 aliphatic heterocycles. The van der Waals surface area contributed by atoms with E-state index in [-0.39, 0.29) is 5.91 Å². The van der Waals surface area contributed by atoms with Crippen LogP contribution in [0.1, 0.15) is 35.1 Å². The van der Waals surface area contributed by atoms with Crippen LogP contribution in [0.15, 0.2) is 35.2 Å². The lowest BCUT2D eigenvalue weighted by Crippen LogP contribution is -2.43. The van der Waals surface area contributed by atoms with Gasteiger partial charge in [0.1, 0.15) is 11.8 Å². The van der Waals surface area contributed by atoms with E-state index in [2.05, 4.69) is 5.32 Å². The van der Waals surface area contributed by atoms with Crippen LogP contribution in [0.5, 0.6) is 5.75 Å². The van der Waals surface area contributed by atoms with Crippen LogP contribution >= 0.6 is 0 Å². The van der Waals surface area contributed by atoms with Crippen LogP contribution in [0.4, 0.5) is 5.69 Å². The summed E-state index contributed by atoms with van der Waals surface area (Å²) in [5, 5.41) is 2.87. The molecule has 0 bridgehead atoms. The summed E-state index contributed by atoms with van der Waals surface area (Å²) in [5.41, 5.74) is 3.94. The highest BCUT2D eigenvalue weighted by molar-refractivity contribution is 7.89. The molecule has 7 heteroatoms. The number of anilines is 1. The summed E-state index contributed by atoms with van der Waals surface area (Å²) >= 11 is 0. The molecule has 0 saturated carbocycles. The number of carbonyl (C=O) groups is 1. The zero-order chi connectivity index (χ0) is 21.3. The largest absolute Gasteiger partial charge is 0.495 e. The number of aryl methyl sites for hydroxylation is 4. The van der Waals surface area contributed by atoms with Crippen molar-refractivity contribution in [1.29, 1.82) is 0 Å². The van der Waals surface area contributed by atoms with Crippen LogP contribution in [0.2, 0.25) is 0 Å². The molecule has 1 heterocycles. The van der Waals surface area contributed by atoms with Gasteiger partial charge in [-0.15, -0.1) is 0 Å². The van der Waals surface area contributed by atoms with Crippen LogP contribution in [0.3, 0.4) is 0 Å². The van der Waals surface area contributed by atoms with Crippen molar-refractivity contribution in [2.45, 2.75) is 51.5 Å². The SMILES string of the molecule is COc1ccc(C)cc1NC(=O)C1CCCN1S(=O)(=O)c1c(C)cc(C)cc1C. The number of sulfonamides is 1. The van der Waals surface area contributed by atoms with Gasteiger partial charge in [-0.3, -0.25) is 4.79 Å². The Hall–Kier alpha value is -2.38. The summed E-state index contributed by atoms with van der Waals surface area (Å²) in [4.78, 5) is 13.3. The molecule has 1 unspecified atom stereocenters. The first-order valence-corrected chi connectivity index (χ1v) is 11.1. The van der Waals surface area contributed by atoms with Gasteiger partial charge in [-0.2, -0.15) is 4.31 Å². The van der Waals surface area contributed by atoms with Gasteiger partial charge in [-0.25, -0.2) is 8.42 Å². The second kappa shape index (κ2) is 8.16. The highest BCUT2D eigenvalue weighted by atomic mass is 32.2. The third-order valence-electron chi connectivity index (χ3n) is 5.29. The number of hydrogen-bond acceptors (Lipinski definition) is 4. The fraction of sp³-hybridized carbons (Fsp3) is 0.409. The zero-order valence-electron chi connectivity index (χ0n) is 17.6. The van der Waals surface area contributed by atoms with Gasteiger partial charge in [0.15, 0.2) is 0 Å². The van der Waals surface area contributed by atoms with E-state index in [1.54, 1.807) is 19.9 Å². The lowest BCUT2D eigenvalue weighted by Gasteiger charge is -2.25. The third-order valence-corrected chi connectivity index (χ3v) is 7.50. The van der Waals surface area contributed by atoms with Crippen molar-refractivity contribution in [2.75, 3.05) is 19.0 Å². The Bertz CT molecular complexity index is 1020. The van der Waals surface area contributed by atoms with Crippen molar-refractivity contribution in [2.24, 2.45) is 0 Å². The van der Waals surface area contributed by atoms with Gasteiger partial charge in [0.2, 0.25) is 15.9 Å². The first-order chi connectivity index (χ1) is 13.6. The van der Waals surface area contributed by atoms with E-state index in [9.17, 15) is 13.2 Å². The van der Waals surface area contributed by atoms with Crippen molar-refractivity contribution in [1.82, 2.24) is 4.31 Å². The molecule has 3 rings (SSSR count). The summed E-state index contributed by atoms with van der Waals surface area (Å²) in [7, 11) is -2.25. The molecule has 2 aromatic rings. The minimum absolute atomic E-state index is 0.302. The Morgan fingerprint density at radius 2 is 1.72 bits per heavy atom. The standard InChI is InChI=1S/C22H28N2O4S/c1-14-8-9-20(28-5)18(13-14)23-22(25)19-7-6-10-24(19)29(26,27)21-16(3)11-15(2)12-17(21)4/h8-9,11-13,19H,6-7,10H2,1-5H3,(H,23,25). The normalized spacial score (nSPS) is 17.3. The van der Waals surface area contributed by atoms with Gasteiger partial charge in [0.05, 0.1) is 17.7 Å². The fourth-order valence-electron chi connectivity index (χ4n) is 4.12. The van der Waals surface area contributed by atoms with Gasteiger partial charge in [0.25, 0.3) is 0 Å². The molecule has 2 aromatic carbocycles. The first-order valence-electron chi connectivity index (χ1n) is 9.70. The lowest BCUT2D eigenvalue weighted by molar-refractivity contribution is -0.119. The van der Waals surface area contributed by atoms with E-state index in [1.807, 2.05) is 38.1 Å². The number of nitrogens with one attached hydrogen (secondary N) is 1. The van der Waals surface area contributed by atoms with Gasteiger partial charge < -0.3 is 10.1 Å². The molecule has 29 heavy (non-hydrogen) atoms. The maximum Gasteiger partial charge on any atom is 0.244 e. The number of ether oxygens (including phenoxy) is 1. The van der Waals surface area contributed by atoms with E-state index in [4.69, 9.17) is 4.74 Å². The van der Waals surface area contributed by atoms with E-state index in [1.165, 1.54) is 11.4 Å². The number of carbonyl (C=O) groups excluding carboxylic acids is 1. The Balaban J connectivity index is 1.92. The molecule has 0 radical (unpaired) electrons. The molecule has 0 aromatic heterocycles. The summed E-state index contributed by atoms with van der Waals surface area (Å²) < 4.78 is 33.6. The molecule has 156 valence electrons. The fourth-order valence-corrected chi connectivity index (χ4v) is 6.19. The highest BCUT2D eigenvalue weighted by Crippen LogP contribution is 2.32. The molecule has 1 fully saturated rings. The number of hydrogen-bond donors (Lipinski definition) is 1. The zero-order valence-corrected chi connectivity index (χ0v) is 18.4. The van der Waals surface area contributed by atoms with E-state index in [0.717, 1.165) is 11.1 Å². The minimum atomic E-state index is -3.79. The average Bonchev–Trinajstić information content (AvgIpc) is 3.11. The second-order valence-electron chi connectivity index (χ2n) is 7.69. The van der Waals surface area contributed by atoms with Crippen LogP contribution in [-0.2, 0) is 14.8 Å². The number of rotatable bonds is 5. The summed E-state index contributed by atoms with van der Waals surface area (Å²) in [6.07, 6.45) is 1.13. The Kier molecular flexibility index (Phi) is 6.00. The third kappa shape index (κ3) is 4.16. The number of benzene rings is 2. The molecule has 1 N–H and O–H groups in total. The van der Waals surface area contributed by atoms with Crippen molar-refractivity contribution in [3.05, 3.63) is 52.6 Å². The smallest absolute Gasteiger partial charge is 0.244 e. The van der Waals surface area contributed by atoms with Gasteiger partial charge in [-0.05, 0) is 69.4 Å². The van der Waals surface area contributed by atoms with Gasteiger partial charge in [0, 0.05) is 6.54 Å². The Morgan fingerprint density at radius 3 is 2.34 bits per heavy atom. The predicted molar refractivity (Wildman–Crippen MR) is 114 cm³/mol. The predicted octanol–water partition coefficient (Wildman–Crippen LogP) is 3.72. The molecular formula is C22H28N2O4S. The average molecular weight is 417 g/mol. The summed E-state index contributed by atoms with van der Waals surface area (Å²) in [6.45, 7) is 7.80. The number of nitrogens with zero attached hydrogens (tertiary/aromatic N) is 1. The molecular weight excluding hydrogens is 388 g/mol. The second-order valence-corrected chi connectivity index (χ2v) is 9.52. The Morgan fingerprint density at radius 1 is 1.07 bits per heavy atom. The summed E-state index contributed by atoms with van der Waals surface area (Å²) in [6, 6.07) is 8.48. The van der Waals surface area contributed by atoms with E-state index in [0.29, 0.717) is 46.8 Å². The topological polar surface area (TPSA) is 75.7 Å². The monoisotopic (exact) mass is 416 g/mol. The van der Waals surface area contributed by atoms with Gasteiger partial charge in [-0.1, -0.05) is 23.8 Å². The maximum atomic E-state index is 13.5. The van der Waals surface area contributed by atoms with Crippen molar-refractivity contribution >= 4 is 21.6 Å². The van der Waals surface area contributed by atoms with Crippen molar-refractivity contribution in [3.8, 4) is 5.75 Å². The maximum absolute atomic E-state index is 13.5. The quantitative estimate of drug-likeness (QED) is 0.806. The number of amides is 1. The Labute approximate surface area is 172 Å². The number of methoxy groups -OCH3 is 1. The van der Waals surface area contributed by atoms with Crippen LogP contribution in [-0.4, -0.2) is 38.3 Å².